The molecule has 2 N–H and O–H groups in total. The smallest absolute Gasteiger partial charge is 0.261 e. The van der Waals surface area contributed by atoms with E-state index >= 15 is 0 Å². The van der Waals surface area contributed by atoms with Crippen LogP contribution in [0.4, 0.5) is 5.69 Å². The summed E-state index contributed by atoms with van der Waals surface area (Å²) in [5.41, 5.74) is 1.88. The number of sulfonamides is 1. The second-order valence-corrected chi connectivity index (χ2v) is 11.5. The normalized spacial score (nSPS) is 17.7. The fourth-order valence-electron chi connectivity index (χ4n) is 4.92. The summed E-state index contributed by atoms with van der Waals surface area (Å²) >= 11 is 0. The van der Waals surface area contributed by atoms with Gasteiger partial charge in [0, 0.05) is 36.8 Å². The van der Waals surface area contributed by atoms with Gasteiger partial charge in [0.25, 0.3) is 15.9 Å². The molecule has 0 aromatic heterocycles. The minimum absolute atomic E-state index is 0.0406. The molecule has 35 heavy (non-hydrogen) atoms. The lowest BCUT2D eigenvalue weighted by molar-refractivity contribution is -0.126. The first kappa shape index (κ1) is 25.2. The number of benzene rings is 2. The summed E-state index contributed by atoms with van der Waals surface area (Å²) in [6.45, 7) is 3.76. The zero-order valence-corrected chi connectivity index (χ0v) is 21.1. The van der Waals surface area contributed by atoms with Crippen LogP contribution in [0.1, 0.15) is 60.9 Å². The van der Waals surface area contributed by atoms with E-state index in [4.69, 9.17) is 0 Å². The van der Waals surface area contributed by atoms with Crippen LogP contribution in [-0.2, 0) is 14.8 Å². The molecule has 2 amide bonds. The average Bonchev–Trinajstić information content (AvgIpc) is 2.88. The number of nitrogens with one attached hydrogen (secondary N) is 2. The highest BCUT2D eigenvalue weighted by Gasteiger charge is 2.28. The summed E-state index contributed by atoms with van der Waals surface area (Å²) in [6.07, 6.45) is 7.58. The molecule has 1 aliphatic carbocycles. The van der Waals surface area contributed by atoms with Crippen LogP contribution in [0.2, 0.25) is 0 Å². The van der Waals surface area contributed by atoms with Crippen molar-refractivity contribution >= 4 is 27.5 Å². The molecule has 188 valence electrons. The Hall–Kier alpha value is -2.87. The lowest BCUT2D eigenvalue weighted by Gasteiger charge is -2.32. The maximum absolute atomic E-state index is 12.9. The highest BCUT2D eigenvalue weighted by atomic mass is 32.2. The van der Waals surface area contributed by atoms with E-state index in [1.165, 1.54) is 32.1 Å². The van der Waals surface area contributed by atoms with Crippen LogP contribution < -0.4 is 10.0 Å². The molecule has 1 saturated carbocycles. The molecule has 0 radical (unpaired) electrons. The molecule has 0 bridgehead atoms. The van der Waals surface area contributed by atoms with Gasteiger partial charge in [-0.2, -0.15) is 0 Å². The number of anilines is 1. The summed E-state index contributed by atoms with van der Waals surface area (Å²) in [5, 5.41) is 3.14. The maximum atomic E-state index is 12.9. The van der Waals surface area contributed by atoms with E-state index < -0.39 is 10.0 Å². The van der Waals surface area contributed by atoms with Crippen LogP contribution in [0.3, 0.4) is 0 Å². The highest BCUT2D eigenvalue weighted by Crippen LogP contribution is 2.24. The predicted molar refractivity (Wildman–Crippen MR) is 137 cm³/mol. The van der Waals surface area contributed by atoms with Gasteiger partial charge in [0.15, 0.2) is 0 Å². The number of likely N-dealkylation sites (tertiary alicyclic amines) is 1. The van der Waals surface area contributed by atoms with Gasteiger partial charge in [0.2, 0.25) is 5.91 Å². The molecule has 1 saturated heterocycles. The van der Waals surface area contributed by atoms with Crippen molar-refractivity contribution in [3.63, 3.8) is 0 Å². The molecule has 8 heteroatoms. The molecule has 2 aliphatic rings. The van der Waals surface area contributed by atoms with Crippen molar-refractivity contribution in [1.29, 1.82) is 0 Å². The van der Waals surface area contributed by atoms with Gasteiger partial charge in [-0.15, -0.1) is 0 Å². The van der Waals surface area contributed by atoms with Crippen LogP contribution in [0.25, 0.3) is 0 Å². The molecule has 0 unspecified atom stereocenters. The molecule has 4 rings (SSSR count). The van der Waals surface area contributed by atoms with E-state index in [1.54, 1.807) is 53.4 Å². The predicted octanol–water partition coefficient (Wildman–Crippen LogP) is 4.34. The van der Waals surface area contributed by atoms with Crippen molar-refractivity contribution in [1.82, 2.24) is 10.2 Å². The fraction of sp³-hybridized carbons (Fsp3) is 0.481. The maximum Gasteiger partial charge on any atom is 0.261 e. The fourth-order valence-corrected chi connectivity index (χ4v) is 5.98. The van der Waals surface area contributed by atoms with Gasteiger partial charge in [0.05, 0.1) is 4.90 Å². The van der Waals surface area contributed by atoms with Crippen molar-refractivity contribution in [3.05, 3.63) is 59.7 Å². The zero-order chi connectivity index (χ0) is 24.8. The topological polar surface area (TPSA) is 95.6 Å². The van der Waals surface area contributed by atoms with E-state index in [-0.39, 0.29) is 22.6 Å². The first-order valence-electron chi connectivity index (χ1n) is 12.6. The summed E-state index contributed by atoms with van der Waals surface area (Å²) in [6, 6.07) is 13.1. The minimum Gasteiger partial charge on any atom is -0.356 e. The van der Waals surface area contributed by atoms with E-state index in [2.05, 4.69) is 10.0 Å². The molecular formula is C27H35N3O4S. The number of hydrogen-bond acceptors (Lipinski definition) is 4. The van der Waals surface area contributed by atoms with Crippen LogP contribution in [-0.4, -0.2) is 44.8 Å². The number of rotatable bonds is 7. The second-order valence-electron chi connectivity index (χ2n) is 9.81. The second kappa shape index (κ2) is 11.2. The van der Waals surface area contributed by atoms with E-state index in [9.17, 15) is 18.0 Å². The van der Waals surface area contributed by atoms with Crippen molar-refractivity contribution < 1.29 is 18.0 Å². The molecule has 1 aliphatic heterocycles. The van der Waals surface area contributed by atoms with Crippen LogP contribution >= 0.6 is 0 Å². The SMILES string of the molecule is Cc1ccc(S(=O)(=O)Nc2ccc(C(=O)N3CCC(C(=O)NCC4CCCCC4)CC3)cc2)cc1. The summed E-state index contributed by atoms with van der Waals surface area (Å²) < 4.78 is 27.7. The number of amides is 2. The molecule has 2 aromatic rings. The lowest BCUT2D eigenvalue weighted by atomic mass is 9.89. The van der Waals surface area contributed by atoms with Crippen molar-refractivity contribution in [2.45, 2.75) is 56.8 Å². The van der Waals surface area contributed by atoms with Gasteiger partial charge in [-0.25, -0.2) is 8.42 Å². The lowest BCUT2D eigenvalue weighted by Crippen LogP contribution is -2.43. The van der Waals surface area contributed by atoms with Crippen LogP contribution in [0.15, 0.2) is 53.4 Å². The third-order valence-corrected chi connectivity index (χ3v) is 8.56. The highest BCUT2D eigenvalue weighted by molar-refractivity contribution is 7.92. The number of piperidine rings is 1. The Morgan fingerprint density at radius 2 is 1.51 bits per heavy atom. The van der Waals surface area contributed by atoms with Gasteiger partial charge in [-0.05, 0) is 74.9 Å². The monoisotopic (exact) mass is 497 g/mol. The third-order valence-electron chi connectivity index (χ3n) is 7.16. The Kier molecular flexibility index (Phi) is 8.11. The Morgan fingerprint density at radius 3 is 2.14 bits per heavy atom. The number of carbonyl (C=O) groups is 2. The van der Waals surface area contributed by atoms with Gasteiger partial charge in [-0.1, -0.05) is 37.0 Å². The van der Waals surface area contributed by atoms with Crippen molar-refractivity contribution in [2.24, 2.45) is 11.8 Å². The average molecular weight is 498 g/mol. The molecule has 7 nitrogen and oxygen atoms in total. The molecular weight excluding hydrogens is 462 g/mol. The van der Waals surface area contributed by atoms with Crippen LogP contribution in [0, 0.1) is 18.8 Å². The van der Waals surface area contributed by atoms with Gasteiger partial charge in [0.1, 0.15) is 0 Å². The summed E-state index contributed by atoms with van der Waals surface area (Å²) in [4.78, 5) is 27.5. The number of hydrogen-bond donors (Lipinski definition) is 2. The summed E-state index contributed by atoms with van der Waals surface area (Å²) in [5.74, 6) is 0.590. The minimum atomic E-state index is -3.69. The van der Waals surface area contributed by atoms with E-state index in [0.717, 1.165) is 12.1 Å². The molecule has 2 aromatic carbocycles. The van der Waals surface area contributed by atoms with E-state index in [0.29, 0.717) is 43.1 Å². The third kappa shape index (κ3) is 6.63. The summed E-state index contributed by atoms with van der Waals surface area (Å²) in [7, 11) is -3.69. The molecule has 2 fully saturated rings. The number of aryl methyl sites for hydroxylation is 1. The van der Waals surface area contributed by atoms with E-state index in [1.807, 2.05) is 6.92 Å². The first-order valence-corrected chi connectivity index (χ1v) is 14.1. The van der Waals surface area contributed by atoms with Crippen molar-refractivity contribution in [3.8, 4) is 0 Å². The van der Waals surface area contributed by atoms with Gasteiger partial charge in [-0.3, -0.25) is 14.3 Å². The van der Waals surface area contributed by atoms with Gasteiger partial charge < -0.3 is 10.2 Å². The zero-order valence-electron chi connectivity index (χ0n) is 20.3. The quantitative estimate of drug-likeness (QED) is 0.595. The molecule has 0 spiro atoms. The Morgan fingerprint density at radius 1 is 0.886 bits per heavy atom. The first-order chi connectivity index (χ1) is 16.8. The van der Waals surface area contributed by atoms with Crippen molar-refractivity contribution in [2.75, 3.05) is 24.4 Å². The molecule has 1 heterocycles. The number of carbonyl (C=O) groups excluding carboxylic acids is 2. The Balaban J connectivity index is 1.27. The molecule has 0 atom stereocenters. The van der Waals surface area contributed by atoms with Gasteiger partial charge >= 0.3 is 0 Å². The largest absolute Gasteiger partial charge is 0.356 e. The Labute approximate surface area is 208 Å². The number of nitrogens with zero attached hydrogens (tertiary/aromatic N) is 1. The standard InChI is InChI=1S/C27H35N3O4S/c1-20-7-13-25(14-8-20)35(33,34)29-24-11-9-23(10-12-24)27(32)30-17-15-22(16-18-30)26(31)28-19-21-5-3-2-4-6-21/h7-14,21-22,29H,2-6,15-19H2,1H3,(H,28,31). The van der Waals surface area contributed by atoms with Crippen LogP contribution in [0.5, 0.6) is 0 Å². The Bertz CT molecular complexity index is 1120.